The Morgan fingerprint density at radius 1 is 0.808 bits per heavy atom. The maximum atomic E-state index is 12.0. The van der Waals surface area contributed by atoms with E-state index < -0.39 is 0 Å². The van der Waals surface area contributed by atoms with E-state index in [2.05, 4.69) is 20.8 Å². The first kappa shape index (κ1) is 24.9. The van der Waals surface area contributed by atoms with Crippen molar-refractivity contribution >= 4 is 11.9 Å². The molecule has 0 fully saturated rings. The molecule has 0 N–H and O–H groups in total. The predicted octanol–water partition coefficient (Wildman–Crippen LogP) is 5.05. The molecule has 154 valence electrons. The van der Waals surface area contributed by atoms with Crippen LogP contribution in [0.25, 0.3) is 0 Å². The van der Waals surface area contributed by atoms with Gasteiger partial charge in [-0.3, -0.25) is 9.59 Å². The summed E-state index contributed by atoms with van der Waals surface area (Å²) in [4.78, 5) is 23.7. The van der Waals surface area contributed by atoms with Crippen molar-refractivity contribution in [3.8, 4) is 0 Å². The van der Waals surface area contributed by atoms with Crippen molar-refractivity contribution in [3.05, 3.63) is 0 Å². The van der Waals surface area contributed by atoms with Gasteiger partial charge < -0.3 is 14.2 Å². The van der Waals surface area contributed by atoms with Gasteiger partial charge in [-0.25, -0.2) is 0 Å². The van der Waals surface area contributed by atoms with Crippen LogP contribution in [0.2, 0.25) is 0 Å². The van der Waals surface area contributed by atoms with Crippen molar-refractivity contribution in [2.75, 3.05) is 20.3 Å². The number of hydrogen-bond donors (Lipinski definition) is 0. The van der Waals surface area contributed by atoms with E-state index in [0.717, 1.165) is 44.9 Å². The molecule has 0 aliphatic carbocycles. The average Bonchev–Trinajstić information content (AvgIpc) is 2.60. The topological polar surface area (TPSA) is 61.8 Å². The van der Waals surface area contributed by atoms with Crippen molar-refractivity contribution in [1.82, 2.24) is 0 Å². The van der Waals surface area contributed by atoms with Gasteiger partial charge in [0, 0.05) is 13.7 Å². The average molecular weight is 373 g/mol. The Bertz CT molecular complexity index is 354. The molecule has 0 aromatic carbocycles. The number of methoxy groups -OCH3 is 1. The normalized spacial score (nSPS) is 12.2. The van der Waals surface area contributed by atoms with Gasteiger partial charge >= 0.3 is 11.9 Å². The number of unbranched alkanes of at least 4 members (excludes halogenated alkanes) is 3. The van der Waals surface area contributed by atoms with E-state index in [1.807, 2.05) is 0 Å². The Balaban J connectivity index is 4.02. The summed E-state index contributed by atoms with van der Waals surface area (Å²) in [5.41, 5.74) is 0. The van der Waals surface area contributed by atoms with Crippen LogP contribution < -0.4 is 0 Å². The van der Waals surface area contributed by atoms with Crippen LogP contribution in [0.4, 0.5) is 0 Å². The number of hydrogen-bond acceptors (Lipinski definition) is 5. The van der Waals surface area contributed by atoms with Crippen LogP contribution in [0.5, 0.6) is 0 Å². The van der Waals surface area contributed by atoms with E-state index in [-0.39, 0.29) is 30.9 Å². The largest absolute Gasteiger partial charge is 0.466 e. The Labute approximate surface area is 160 Å². The quantitative estimate of drug-likeness (QED) is 0.264. The molecular weight excluding hydrogens is 332 g/mol. The first-order valence-electron chi connectivity index (χ1n) is 10.3. The highest BCUT2D eigenvalue weighted by Crippen LogP contribution is 2.14. The number of ether oxygens (including phenoxy) is 3. The molecule has 0 aromatic rings. The minimum absolute atomic E-state index is 0.0726. The van der Waals surface area contributed by atoms with E-state index in [9.17, 15) is 9.59 Å². The van der Waals surface area contributed by atoms with E-state index in [1.165, 1.54) is 12.8 Å². The van der Waals surface area contributed by atoms with Gasteiger partial charge in [-0.05, 0) is 44.4 Å². The van der Waals surface area contributed by atoms with Crippen LogP contribution in [0.15, 0.2) is 0 Å². The van der Waals surface area contributed by atoms with Crippen molar-refractivity contribution < 1.29 is 23.8 Å². The summed E-state index contributed by atoms with van der Waals surface area (Å²) < 4.78 is 15.8. The Hall–Kier alpha value is -1.10. The van der Waals surface area contributed by atoms with Gasteiger partial charge in [0.05, 0.1) is 19.4 Å². The van der Waals surface area contributed by atoms with E-state index in [4.69, 9.17) is 14.2 Å². The zero-order valence-electron chi connectivity index (χ0n) is 17.4. The molecule has 0 aliphatic rings. The highest BCUT2D eigenvalue weighted by Gasteiger charge is 2.16. The minimum Gasteiger partial charge on any atom is -0.466 e. The van der Waals surface area contributed by atoms with Gasteiger partial charge in [-0.1, -0.05) is 40.0 Å². The maximum absolute atomic E-state index is 12.0. The van der Waals surface area contributed by atoms with Crippen LogP contribution in [0, 0.1) is 5.92 Å². The number of carbonyl (C=O) groups excluding carboxylic acids is 2. The lowest BCUT2D eigenvalue weighted by atomic mass is 10.1. The summed E-state index contributed by atoms with van der Waals surface area (Å²) in [5, 5.41) is 0. The highest BCUT2D eigenvalue weighted by atomic mass is 16.5. The van der Waals surface area contributed by atoms with Gasteiger partial charge in [-0.2, -0.15) is 0 Å². The fourth-order valence-corrected chi connectivity index (χ4v) is 2.72. The van der Waals surface area contributed by atoms with Gasteiger partial charge in [0.1, 0.15) is 6.10 Å². The second-order valence-corrected chi connectivity index (χ2v) is 7.35. The maximum Gasteiger partial charge on any atom is 0.306 e. The monoisotopic (exact) mass is 372 g/mol. The van der Waals surface area contributed by atoms with E-state index in [0.29, 0.717) is 19.1 Å². The van der Waals surface area contributed by atoms with Gasteiger partial charge in [0.25, 0.3) is 0 Å². The van der Waals surface area contributed by atoms with Gasteiger partial charge in [-0.15, -0.1) is 0 Å². The molecule has 0 aromatic heterocycles. The minimum atomic E-state index is -0.315. The SMILES string of the molecule is CCCCCCC(CCCOC)OC(=O)CCC(=O)OCCCC(C)C. The first-order valence-corrected chi connectivity index (χ1v) is 10.3. The first-order chi connectivity index (χ1) is 12.5. The van der Waals surface area contributed by atoms with Crippen molar-refractivity contribution in [1.29, 1.82) is 0 Å². The Morgan fingerprint density at radius 2 is 1.46 bits per heavy atom. The van der Waals surface area contributed by atoms with Crippen LogP contribution in [-0.4, -0.2) is 38.4 Å². The Kier molecular flexibility index (Phi) is 16.6. The van der Waals surface area contributed by atoms with Gasteiger partial charge in [0.15, 0.2) is 0 Å². The summed E-state index contributed by atoms with van der Waals surface area (Å²) >= 11 is 0. The molecule has 0 heterocycles. The summed E-state index contributed by atoms with van der Waals surface area (Å²) in [6, 6.07) is 0. The number of esters is 2. The lowest BCUT2D eigenvalue weighted by Crippen LogP contribution is -2.20. The lowest BCUT2D eigenvalue weighted by molar-refractivity contribution is -0.154. The molecule has 5 nitrogen and oxygen atoms in total. The lowest BCUT2D eigenvalue weighted by Gasteiger charge is -2.18. The molecule has 0 bridgehead atoms. The second-order valence-electron chi connectivity index (χ2n) is 7.35. The highest BCUT2D eigenvalue weighted by molar-refractivity contribution is 5.77. The molecule has 0 amide bonds. The summed E-state index contributed by atoms with van der Waals surface area (Å²) in [6.45, 7) is 7.57. The molecule has 0 saturated carbocycles. The molecule has 5 heteroatoms. The molecule has 0 saturated heterocycles. The second kappa shape index (κ2) is 17.3. The molecule has 26 heavy (non-hydrogen) atoms. The molecule has 0 radical (unpaired) electrons. The zero-order chi connectivity index (χ0) is 19.6. The van der Waals surface area contributed by atoms with Crippen LogP contribution in [-0.2, 0) is 23.8 Å². The fraction of sp³-hybridized carbons (Fsp3) is 0.905. The summed E-state index contributed by atoms with van der Waals surface area (Å²) in [6.07, 6.45) is 9.23. The molecule has 0 rings (SSSR count). The van der Waals surface area contributed by atoms with E-state index in [1.54, 1.807) is 7.11 Å². The van der Waals surface area contributed by atoms with Crippen LogP contribution in [0.3, 0.4) is 0 Å². The van der Waals surface area contributed by atoms with Crippen molar-refractivity contribution in [2.45, 2.75) is 97.5 Å². The molecular formula is C21H40O5. The van der Waals surface area contributed by atoms with E-state index >= 15 is 0 Å². The number of carbonyl (C=O) groups is 2. The molecule has 0 spiro atoms. The fourth-order valence-electron chi connectivity index (χ4n) is 2.72. The summed E-state index contributed by atoms with van der Waals surface area (Å²) in [5.74, 6) is -0.0114. The molecule has 1 unspecified atom stereocenters. The molecule has 1 atom stereocenters. The molecule has 0 aliphatic heterocycles. The Morgan fingerprint density at radius 3 is 2.12 bits per heavy atom. The third-order valence-corrected chi connectivity index (χ3v) is 4.27. The number of rotatable bonds is 17. The smallest absolute Gasteiger partial charge is 0.306 e. The van der Waals surface area contributed by atoms with Crippen LogP contribution >= 0.6 is 0 Å². The third kappa shape index (κ3) is 16.4. The van der Waals surface area contributed by atoms with Crippen LogP contribution in [0.1, 0.15) is 91.4 Å². The van der Waals surface area contributed by atoms with Crippen molar-refractivity contribution in [2.24, 2.45) is 5.92 Å². The van der Waals surface area contributed by atoms with Gasteiger partial charge in [0.2, 0.25) is 0 Å². The van der Waals surface area contributed by atoms with Crippen molar-refractivity contribution in [3.63, 3.8) is 0 Å². The third-order valence-electron chi connectivity index (χ3n) is 4.27. The summed E-state index contributed by atoms with van der Waals surface area (Å²) in [7, 11) is 1.68. The predicted molar refractivity (Wildman–Crippen MR) is 104 cm³/mol. The standard InChI is InChI=1S/C21H40O5/c1-5-6-7-8-12-19(13-10-16-24-4)26-21(23)15-14-20(22)25-17-9-11-18(2)3/h18-19H,5-17H2,1-4H3. The zero-order valence-corrected chi connectivity index (χ0v) is 17.4.